The summed E-state index contributed by atoms with van der Waals surface area (Å²) >= 11 is 0. The number of hydrogen-bond acceptors (Lipinski definition) is 3. The molecule has 0 radical (unpaired) electrons. The summed E-state index contributed by atoms with van der Waals surface area (Å²) in [5.41, 5.74) is 6.66. The zero-order valence-corrected chi connectivity index (χ0v) is 11.5. The molecular formula is C13H21ClN2O2. The fraction of sp³-hybridized carbons (Fsp3) is 0.462. The van der Waals surface area contributed by atoms with Gasteiger partial charge in [0.2, 0.25) is 5.91 Å². The molecule has 1 rings (SSSR count). The van der Waals surface area contributed by atoms with E-state index in [1.54, 1.807) is 18.2 Å². The number of amides is 1. The second kappa shape index (κ2) is 7.95. The first-order valence-corrected chi connectivity index (χ1v) is 5.85. The lowest BCUT2D eigenvalue weighted by Gasteiger charge is -2.17. The monoisotopic (exact) mass is 272 g/mol. The van der Waals surface area contributed by atoms with Crippen molar-refractivity contribution in [2.45, 2.75) is 32.9 Å². The third-order valence-electron chi connectivity index (χ3n) is 2.94. The van der Waals surface area contributed by atoms with Gasteiger partial charge in [-0.15, -0.1) is 12.4 Å². The van der Waals surface area contributed by atoms with Gasteiger partial charge in [-0.3, -0.25) is 4.79 Å². The van der Waals surface area contributed by atoms with Crippen molar-refractivity contribution in [3.05, 3.63) is 29.8 Å². The first-order valence-electron chi connectivity index (χ1n) is 5.85. The number of phenolic OH excluding ortho intramolecular Hbond substituents is 1. The third kappa shape index (κ3) is 4.94. The van der Waals surface area contributed by atoms with Gasteiger partial charge in [0.1, 0.15) is 5.75 Å². The number of hydrogen-bond donors (Lipinski definition) is 3. The zero-order chi connectivity index (χ0) is 12.8. The molecule has 2 atom stereocenters. The fourth-order valence-electron chi connectivity index (χ4n) is 1.49. The van der Waals surface area contributed by atoms with E-state index in [0.29, 0.717) is 6.54 Å². The Morgan fingerprint density at radius 2 is 2.17 bits per heavy atom. The van der Waals surface area contributed by atoms with Crippen molar-refractivity contribution in [3.8, 4) is 5.75 Å². The lowest BCUT2D eigenvalue weighted by atomic mass is 9.99. The highest BCUT2D eigenvalue weighted by Gasteiger charge is 2.18. The standard InChI is InChI=1S/C13H20N2O2.ClH/c1-3-9(2)12(14)13(17)15-8-10-5-4-6-11(16)7-10;/h4-7,9,12,16H,3,8,14H2,1-2H3,(H,15,17);1H. The van der Waals surface area contributed by atoms with Crippen molar-refractivity contribution in [1.82, 2.24) is 5.32 Å². The van der Waals surface area contributed by atoms with Crippen molar-refractivity contribution in [2.24, 2.45) is 11.7 Å². The van der Waals surface area contributed by atoms with E-state index in [-0.39, 0.29) is 30.0 Å². The van der Waals surface area contributed by atoms with Crippen molar-refractivity contribution in [1.29, 1.82) is 0 Å². The highest BCUT2D eigenvalue weighted by atomic mass is 35.5. The second-order valence-electron chi connectivity index (χ2n) is 4.30. The van der Waals surface area contributed by atoms with E-state index in [1.165, 1.54) is 0 Å². The van der Waals surface area contributed by atoms with E-state index < -0.39 is 6.04 Å². The van der Waals surface area contributed by atoms with Crippen LogP contribution >= 0.6 is 12.4 Å². The summed E-state index contributed by atoms with van der Waals surface area (Å²) in [5.74, 6) is 0.213. The summed E-state index contributed by atoms with van der Waals surface area (Å²) in [4.78, 5) is 11.7. The summed E-state index contributed by atoms with van der Waals surface area (Å²) < 4.78 is 0. The molecule has 0 bridgehead atoms. The number of aromatic hydroxyl groups is 1. The SMILES string of the molecule is CCC(C)C(N)C(=O)NCc1cccc(O)c1.Cl. The molecule has 4 nitrogen and oxygen atoms in total. The first-order chi connectivity index (χ1) is 8.04. The minimum absolute atomic E-state index is 0. The number of phenols is 1. The van der Waals surface area contributed by atoms with Crippen molar-refractivity contribution in [3.63, 3.8) is 0 Å². The van der Waals surface area contributed by atoms with Crippen molar-refractivity contribution in [2.75, 3.05) is 0 Å². The van der Waals surface area contributed by atoms with Gasteiger partial charge in [-0.25, -0.2) is 0 Å². The Kier molecular flexibility index (Phi) is 7.39. The molecule has 4 N–H and O–H groups in total. The Morgan fingerprint density at radius 3 is 2.72 bits per heavy atom. The second-order valence-corrected chi connectivity index (χ2v) is 4.30. The van der Waals surface area contributed by atoms with Gasteiger partial charge in [-0.1, -0.05) is 32.4 Å². The topological polar surface area (TPSA) is 75.4 Å². The molecule has 1 amide bonds. The molecule has 0 aliphatic heterocycles. The molecule has 0 saturated heterocycles. The number of rotatable bonds is 5. The number of carbonyl (C=O) groups is 1. The van der Waals surface area contributed by atoms with Crippen LogP contribution in [0.1, 0.15) is 25.8 Å². The molecule has 1 aromatic rings. The molecule has 0 aliphatic carbocycles. The Balaban J connectivity index is 0.00000289. The first kappa shape index (κ1) is 16.7. The molecule has 18 heavy (non-hydrogen) atoms. The Morgan fingerprint density at radius 1 is 1.50 bits per heavy atom. The highest BCUT2D eigenvalue weighted by Crippen LogP contribution is 2.11. The number of nitrogens with two attached hydrogens (primary N) is 1. The predicted octanol–water partition coefficient (Wildman–Crippen LogP) is 1.80. The summed E-state index contributed by atoms with van der Waals surface area (Å²) in [6.07, 6.45) is 0.876. The quantitative estimate of drug-likeness (QED) is 0.765. The lowest BCUT2D eigenvalue weighted by molar-refractivity contribution is -0.123. The average molecular weight is 273 g/mol. The maximum atomic E-state index is 11.7. The van der Waals surface area contributed by atoms with E-state index >= 15 is 0 Å². The molecule has 0 fully saturated rings. The molecule has 1 aromatic carbocycles. The van der Waals surface area contributed by atoms with Crippen LogP contribution in [-0.4, -0.2) is 17.1 Å². The Hall–Kier alpha value is -1.26. The largest absolute Gasteiger partial charge is 0.508 e. The van der Waals surface area contributed by atoms with Gasteiger partial charge < -0.3 is 16.2 Å². The highest BCUT2D eigenvalue weighted by molar-refractivity contribution is 5.85. The third-order valence-corrected chi connectivity index (χ3v) is 2.94. The molecule has 0 spiro atoms. The molecular weight excluding hydrogens is 252 g/mol. The van der Waals surface area contributed by atoms with Crippen LogP contribution in [0.2, 0.25) is 0 Å². The van der Waals surface area contributed by atoms with Gasteiger partial charge in [0.15, 0.2) is 0 Å². The zero-order valence-electron chi connectivity index (χ0n) is 10.7. The van der Waals surface area contributed by atoms with E-state index in [0.717, 1.165) is 12.0 Å². The molecule has 5 heteroatoms. The lowest BCUT2D eigenvalue weighted by Crippen LogP contribution is -2.44. The van der Waals surface area contributed by atoms with Crippen LogP contribution in [0.3, 0.4) is 0 Å². The molecule has 0 heterocycles. The van der Waals surface area contributed by atoms with Gasteiger partial charge in [-0.05, 0) is 23.6 Å². The minimum Gasteiger partial charge on any atom is -0.508 e. The number of nitrogens with one attached hydrogen (secondary N) is 1. The fourth-order valence-corrected chi connectivity index (χ4v) is 1.49. The van der Waals surface area contributed by atoms with Crippen LogP contribution in [0.15, 0.2) is 24.3 Å². The van der Waals surface area contributed by atoms with Crippen LogP contribution in [0, 0.1) is 5.92 Å². The maximum absolute atomic E-state index is 11.7. The Bertz CT molecular complexity index is 385. The van der Waals surface area contributed by atoms with E-state index in [1.807, 2.05) is 19.9 Å². The number of halogens is 1. The molecule has 102 valence electrons. The van der Waals surface area contributed by atoms with Crippen LogP contribution < -0.4 is 11.1 Å². The van der Waals surface area contributed by atoms with Crippen molar-refractivity contribution < 1.29 is 9.90 Å². The van der Waals surface area contributed by atoms with Crippen LogP contribution in [-0.2, 0) is 11.3 Å². The predicted molar refractivity (Wildman–Crippen MR) is 74.6 cm³/mol. The molecule has 0 aliphatic rings. The maximum Gasteiger partial charge on any atom is 0.237 e. The van der Waals surface area contributed by atoms with E-state index in [9.17, 15) is 9.90 Å². The van der Waals surface area contributed by atoms with Crippen LogP contribution in [0.4, 0.5) is 0 Å². The minimum atomic E-state index is -0.475. The van der Waals surface area contributed by atoms with Gasteiger partial charge in [0.25, 0.3) is 0 Å². The number of carbonyl (C=O) groups excluding carboxylic acids is 1. The smallest absolute Gasteiger partial charge is 0.237 e. The van der Waals surface area contributed by atoms with Crippen LogP contribution in [0.25, 0.3) is 0 Å². The number of benzene rings is 1. The Labute approximate surface area is 114 Å². The summed E-state index contributed by atoms with van der Waals surface area (Å²) in [6.45, 7) is 4.35. The van der Waals surface area contributed by atoms with Gasteiger partial charge in [0, 0.05) is 6.54 Å². The van der Waals surface area contributed by atoms with Crippen LogP contribution in [0.5, 0.6) is 5.75 Å². The van der Waals surface area contributed by atoms with Gasteiger partial charge in [-0.2, -0.15) is 0 Å². The summed E-state index contributed by atoms with van der Waals surface area (Å²) in [7, 11) is 0. The van der Waals surface area contributed by atoms with Gasteiger partial charge >= 0.3 is 0 Å². The molecule has 0 aromatic heterocycles. The summed E-state index contributed by atoms with van der Waals surface area (Å²) in [5, 5.41) is 12.0. The van der Waals surface area contributed by atoms with E-state index in [2.05, 4.69) is 5.32 Å². The van der Waals surface area contributed by atoms with Crippen molar-refractivity contribution >= 4 is 18.3 Å². The van der Waals surface area contributed by atoms with Gasteiger partial charge in [0.05, 0.1) is 6.04 Å². The average Bonchev–Trinajstić information content (AvgIpc) is 2.34. The molecule has 2 unspecified atom stereocenters. The summed E-state index contributed by atoms with van der Waals surface area (Å²) in [6, 6.07) is 6.32. The van der Waals surface area contributed by atoms with E-state index in [4.69, 9.17) is 5.73 Å². The normalized spacial score (nSPS) is 13.3. The molecule has 0 saturated carbocycles.